The van der Waals surface area contributed by atoms with Crippen LogP contribution in [0.2, 0.25) is 25.7 Å². The van der Waals surface area contributed by atoms with E-state index in [2.05, 4.69) is 19.6 Å². The fourth-order valence-corrected chi connectivity index (χ4v) is 7.04. The number of ether oxygens (including phenoxy) is 1. The molecule has 0 amide bonds. The number of hydrogen-bond acceptors (Lipinski definition) is 1. The van der Waals surface area contributed by atoms with Gasteiger partial charge in [0.25, 0.3) is 0 Å². The molecule has 1 fully saturated rings. The molecule has 1 aliphatic rings. The normalized spacial score (nSPS) is 23.8. The van der Waals surface area contributed by atoms with Gasteiger partial charge in [-0.05, 0) is 6.42 Å². The van der Waals surface area contributed by atoms with Crippen molar-refractivity contribution in [3.05, 3.63) is 0 Å². The van der Waals surface area contributed by atoms with Gasteiger partial charge in [-0.15, -0.1) is 0 Å². The van der Waals surface area contributed by atoms with Crippen LogP contribution < -0.4 is 0 Å². The summed E-state index contributed by atoms with van der Waals surface area (Å²) in [6.07, 6.45) is 4.90. The van der Waals surface area contributed by atoms with Crippen molar-refractivity contribution in [1.82, 2.24) is 0 Å². The molecule has 3 heteroatoms. The van der Waals surface area contributed by atoms with Crippen molar-refractivity contribution in [1.29, 1.82) is 0 Å². The molecule has 0 saturated carbocycles. The topological polar surface area (TPSA) is 12.5 Å². The van der Waals surface area contributed by atoms with Gasteiger partial charge in [0.15, 0.2) is 0 Å². The Kier molecular flexibility index (Phi) is 4.00. The average Bonchev–Trinajstić information content (AvgIpc) is 2.68. The number of hydrogen-bond donors (Lipinski definition) is 0. The molecule has 72 valence electrons. The van der Waals surface area contributed by atoms with E-state index >= 15 is 0 Å². The lowest BCUT2D eigenvalue weighted by atomic mass is 10.2. The van der Waals surface area contributed by atoms with Crippen molar-refractivity contribution in [3.8, 4) is 0 Å². The Hall–Kier alpha value is 0.394. The summed E-state index contributed by atoms with van der Waals surface area (Å²) in [6.45, 7) is 8.60. The first-order chi connectivity index (χ1) is 5.58. The van der Waals surface area contributed by atoms with E-state index in [-0.39, 0.29) is 0 Å². The molecule has 1 aliphatic heterocycles. The van der Waals surface area contributed by atoms with E-state index in [1.807, 2.05) is 0 Å². The van der Waals surface area contributed by atoms with Gasteiger partial charge >= 0.3 is 0 Å². The quantitative estimate of drug-likeness (QED) is 0.364. The highest BCUT2D eigenvalue weighted by atomic mass is 29.2. The van der Waals surface area contributed by atoms with E-state index in [1.54, 1.807) is 6.04 Å². The van der Waals surface area contributed by atoms with Crippen LogP contribution in [0.4, 0.5) is 0 Å². The van der Waals surface area contributed by atoms with Gasteiger partial charge in [-0.25, -0.2) is 0 Å². The van der Waals surface area contributed by atoms with Gasteiger partial charge in [0.2, 0.25) is 0 Å². The van der Waals surface area contributed by atoms with Gasteiger partial charge in [0.1, 0.15) is 0 Å². The van der Waals surface area contributed by atoms with Crippen LogP contribution in [0.3, 0.4) is 0 Å². The summed E-state index contributed by atoms with van der Waals surface area (Å²) in [4.78, 5) is 0. The Morgan fingerprint density at radius 3 is 2.50 bits per heavy atom. The maximum atomic E-state index is 5.18. The summed E-state index contributed by atoms with van der Waals surface area (Å²) < 4.78 is 5.18. The largest absolute Gasteiger partial charge is 0.373 e. The molecule has 12 heavy (non-hydrogen) atoms. The van der Waals surface area contributed by atoms with Crippen LogP contribution in [0.15, 0.2) is 0 Å². The third-order valence-electron chi connectivity index (χ3n) is 2.36. The lowest BCUT2D eigenvalue weighted by Crippen LogP contribution is -2.29. The van der Waals surface area contributed by atoms with E-state index in [1.165, 1.54) is 19.3 Å². The van der Waals surface area contributed by atoms with Crippen LogP contribution in [0.25, 0.3) is 0 Å². The predicted octanol–water partition coefficient (Wildman–Crippen LogP) is 1.98. The van der Waals surface area contributed by atoms with Crippen LogP contribution in [0, 0.1) is 0 Å². The summed E-state index contributed by atoms with van der Waals surface area (Å²) in [5.41, 5.74) is 0. The molecular weight excluding hydrogens is 180 g/mol. The summed E-state index contributed by atoms with van der Waals surface area (Å²) in [6, 6.07) is 1.59. The smallest absolute Gasteiger partial charge is 0.0810 e. The van der Waals surface area contributed by atoms with Crippen LogP contribution in [-0.4, -0.2) is 29.3 Å². The average molecular weight is 202 g/mol. The molecule has 0 aromatic carbocycles. The Labute approximate surface area is 79.5 Å². The molecule has 0 radical (unpaired) electrons. The Morgan fingerprint density at radius 2 is 2.00 bits per heavy atom. The fourth-order valence-electron chi connectivity index (χ4n) is 1.44. The zero-order valence-electron chi connectivity index (χ0n) is 8.73. The zero-order valence-corrected chi connectivity index (χ0v) is 11.1. The standard InChI is InChI=1S/C9H22OSi2/c1-12(2,3)11-7-5-4-6-9-8-10-9/h9H,4-8,11H2,1-3H3. The first-order valence-electron chi connectivity index (χ1n) is 5.19. The monoisotopic (exact) mass is 202 g/mol. The third-order valence-corrected chi connectivity index (χ3v) is 10.3. The van der Waals surface area contributed by atoms with E-state index in [0.717, 1.165) is 6.61 Å². The van der Waals surface area contributed by atoms with Crippen molar-refractivity contribution in [2.75, 3.05) is 6.61 Å². The lowest BCUT2D eigenvalue weighted by Gasteiger charge is -2.13. The first-order valence-corrected chi connectivity index (χ1v) is 12.0. The molecule has 0 N–H and O–H groups in total. The summed E-state index contributed by atoms with van der Waals surface area (Å²) in [5.74, 6) is 0. The maximum absolute atomic E-state index is 5.18. The summed E-state index contributed by atoms with van der Waals surface area (Å²) in [7, 11) is -0.288. The van der Waals surface area contributed by atoms with Crippen LogP contribution in [0.1, 0.15) is 19.3 Å². The van der Waals surface area contributed by atoms with Gasteiger partial charge in [0, 0.05) is 16.6 Å². The molecule has 1 rings (SSSR count). The maximum Gasteiger partial charge on any atom is 0.0810 e. The SMILES string of the molecule is C[Si](C)(C)[SiH2]CCCCC1CO1. The second kappa shape index (κ2) is 4.58. The van der Waals surface area contributed by atoms with Crippen molar-refractivity contribution in [2.24, 2.45) is 0 Å². The van der Waals surface area contributed by atoms with E-state index in [9.17, 15) is 0 Å². The molecule has 0 aromatic heterocycles. The molecule has 1 atom stereocenters. The van der Waals surface area contributed by atoms with Crippen LogP contribution >= 0.6 is 0 Å². The molecule has 1 nitrogen and oxygen atoms in total. The highest BCUT2D eigenvalue weighted by Crippen LogP contribution is 2.17. The molecule has 1 unspecified atom stereocenters. The molecule has 0 bridgehead atoms. The Bertz CT molecular complexity index is 127. The van der Waals surface area contributed by atoms with Crippen molar-refractivity contribution >= 4 is 16.6 Å². The molecule has 1 saturated heterocycles. The second-order valence-corrected chi connectivity index (χ2v) is 19.3. The van der Waals surface area contributed by atoms with E-state index < -0.39 is 7.59 Å². The molecule has 0 spiro atoms. The van der Waals surface area contributed by atoms with Gasteiger partial charge in [-0.1, -0.05) is 38.5 Å². The molecule has 1 heterocycles. The minimum Gasteiger partial charge on any atom is -0.373 e. The highest BCUT2D eigenvalue weighted by molar-refractivity contribution is 7.23. The number of rotatable bonds is 6. The van der Waals surface area contributed by atoms with Crippen molar-refractivity contribution < 1.29 is 4.74 Å². The van der Waals surface area contributed by atoms with Gasteiger partial charge in [-0.2, -0.15) is 0 Å². The van der Waals surface area contributed by atoms with Crippen LogP contribution in [-0.2, 0) is 4.74 Å². The van der Waals surface area contributed by atoms with Gasteiger partial charge < -0.3 is 4.74 Å². The first kappa shape index (κ1) is 10.5. The van der Waals surface area contributed by atoms with Crippen molar-refractivity contribution in [3.63, 3.8) is 0 Å². The van der Waals surface area contributed by atoms with Gasteiger partial charge in [0.05, 0.1) is 12.7 Å². The summed E-state index contributed by atoms with van der Waals surface area (Å²) in [5, 5.41) is 0. The molecule has 0 aliphatic carbocycles. The lowest BCUT2D eigenvalue weighted by molar-refractivity contribution is 0.391. The fraction of sp³-hybridized carbons (Fsp3) is 1.00. The number of epoxide rings is 1. The third kappa shape index (κ3) is 5.97. The van der Waals surface area contributed by atoms with Crippen LogP contribution in [0.5, 0.6) is 0 Å². The van der Waals surface area contributed by atoms with E-state index in [0.29, 0.717) is 15.1 Å². The Morgan fingerprint density at radius 1 is 1.33 bits per heavy atom. The minimum absolute atomic E-state index is 0.323. The minimum atomic E-state index is -0.611. The number of unbranched alkanes of at least 4 members (excludes halogenated alkanes) is 1. The highest BCUT2D eigenvalue weighted by Gasteiger charge is 2.21. The van der Waals surface area contributed by atoms with Crippen molar-refractivity contribution in [2.45, 2.75) is 51.1 Å². The van der Waals surface area contributed by atoms with E-state index in [4.69, 9.17) is 4.74 Å². The predicted molar refractivity (Wildman–Crippen MR) is 60.3 cm³/mol. The molecule has 0 aromatic rings. The Balaban J connectivity index is 1.82. The molecular formula is C9H22OSi2. The second-order valence-electron chi connectivity index (χ2n) is 5.12. The van der Waals surface area contributed by atoms with Gasteiger partial charge in [-0.3, -0.25) is 0 Å². The zero-order chi connectivity index (χ0) is 9.03. The summed E-state index contributed by atoms with van der Waals surface area (Å²) >= 11 is 0.